The van der Waals surface area contributed by atoms with Crippen molar-refractivity contribution in [3.63, 3.8) is 0 Å². The molecule has 2 aromatic rings. The first-order chi connectivity index (χ1) is 11.8. The van der Waals surface area contributed by atoms with Gasteiger partial charge in [-0.2, -0.15) is 0 Å². The molecule has 2 aromatic carbocycles. The second-order valence-electron chi connectivity index (χ2n) is 5.27. The van der Waals surface area contributed by atoms with E-state index in [4.69, 9.17) is 9.84 Å². The summed E-state index contributed by atoms with van der Waals surface area (Å²) in [7, 11) is -4.20. The summed E-state index contributed by atoms with van der Waals surface area (Å²) in [5.74, 6) is -1.74. The summed E-state index contributed by atoms with van der Waals surface area (Å²) >= 11 is 0. The van der Waals surface area contributed by atoms with Crippen molar-refractivity contribution in [2.75, 3.05) is 6.61 Å². The van der Waals surface area contributed by atoms with Crippen molar-refractivity contribution >= 4 is 16.0 Å². The van der Waals surface area contributed by atoms with E-state index in [9.17, 15) is 17.6 Å². The number of nitrogens with one attached hydrogen (secondary N) is 1. The van der Waals surface area contributed by atoms with Gasteiger partial charge in [0, 0.05) is 6.54 Å². The van der Waals surface area contributed by atoms with Crippen molar-refractivity contribution in [2.45, 2.75) is 24.8 Å². The Morgan fingerprint density at radius 2 is 2.00 bits per heavy atom. The van der Waals surface area contributed by atoms with Gasteiger partial charge in [0.05, 0.1) is 12.2 Å². The number of hydrogen-bond donors (Lipinski definition) is 2. The van der Waals surface area contributed by atoms with Gasteiger partial charge in [0.25, 0.3) is 0 Å². The predicted molar refractivity (Wildman–Crippen MR) is 89.6 cm³/mol. The predicted octanol–water partition coefficient (Wildman–Crippen LogP) is 2.79. The number of carboxylic acids is 1. The van der Waals surface area contributed by atoms with Crippen LogP contribution in [-0.4, -0.2) is 26.1 Å². The van der Waals surface area contributed by atoms with Crippen LogP contribution in [0.15, 0.2) is 47.4 Å². The lowest BCUT2D eigenvalue weighted by atomic mass is 10.2. The number of benzene rings is 2. The van der Waals surface area contributed by atoms with E-state index in [2.05, 4.69) is 4.72 Å². The fraction of sp³-hybridized carbons (Fsp3) is 0.235. The summed E-state index contributed by atoms with van der Waals surface area (Å²) in [5.41, 5.74) is 0.323. The third-order valence-electron chi connectivity index (χ3n) is 3.31. The molecule has 0 atom stereocenters. The van der Waals surface area contributed by atoms with Crippen LogP contribution < -0.4 is 9.46 Å². The quantitative estimate of drug-likeness (QED) is 0.748. The highest BCUT2D eigenvalue weighted by Crippen LogP contribution is 2.18. The Morgan fingerprint density at radius 1 is 1.24 bits per heavy atom. The minimum atomic E-state index is -4.20. The van der Waals surface area contributed by atoms with Crippen LogP contribution in [0.25, 0.3) is 0 Å². The molecule has 0 saturated heterocycles. The zero-order chi connectivity index (χ0) is 18.4. The second kappa shape index (κ2) is 8.09. The van der Waals surface area contributed by atoms with Gasteiger partial charge in [-0.25, -0.2) is 22.3 Å². The van der Waals surface area contributed by atoms with E-state index < -0.39 is 26.7 Å². The van der Waals surface area contributed by atoms with Gasteiger partial charge in [0.15, 0.2) is 0 Å². The van der Waals surface area contributed by atoms with Crippen LogP contribution in [0.5, 0.6) is 5.75 Å². The molecule has 0 bridgehead atoms. The lowest BCUT2D eigenvalue weighted by Gasteiger charge is -2.10. The van der Waals surface area contributed by atoms with Gasteiger partial charge in [0.1, 0.15) is 16.5 Å². The molecule has 6 nitrogen and oxygen atoms in total. The third kappa shape index (κ3) is 5.01. The number of rotatable bonds is 8. The molecule has 0 unspecified atom stereocenters. The average Bonchev–Trinajstić information content (AvgIpc) is 2.58. The molecule has 0 spiro atoms. The third-order valence-corrected chi connectivity index (χ3v) is 4.72. The summed E-state index contributed by atoms with van der Waals surface area (Å²) in [6.45, 7) is 2.43. The topological polar surface area (TPSA) is 92.7 Å². The van der Waals surface area contributed by atoms with Crippen molar-refractivity contribution in [3.05, 3.63) is 59.4 Å². The number of carboxylic acid groups (broad SMARTS) is 1. The number of aromatic carboxylic acids is 1. The van der Waals surface area contributed by atoms with E-state index >= 15 is 0 Å². The molecule has 0 heterocycles. The summed E-state index contributed by atoms with van der Waals surface area (Å²) in [4.78, 5) is 10.2. The molecule has 0 saturated carbocycles. The highest BCUT2D eigenvalue weighted by Gasteiger charge is 2.21. The first-order valence-corrected chi connectivity index (χ1v) is 9.06. The number of halogens is 1. The Kier molecular flexibility index (Phi) is 6.11. The highest BCUT2D eigenvalue weighted by molar-refractivity contribution is 7.89. The largest absolute Gasteiger partial charge is 0.494 e. The fourth-order valence-electron chi connectivity index (χ4n) is 2.06. The molecule has 8 heteroatoms. The average molecular weight is 367 g/mol. The van der Waals surface area contributed by atoms with Crippen molar-refractivity contribution in [1.29, 1.82) is 0 Å². The summed E-state index contributed by atoms with van der Waals surface area (Å²) in [6, 6.07) is 9.47. The molecule has 0 fully saturated rings. The molecule has 0 aliphatic rings. The van der Waals surface area contributed by atoms with E-state index in [0.717, 1.165) is 24.6 Å². The fourth-order valence-corrected chi connectivity index (χ4v) is 3.18. The molecule has 0 amide bonds. The molecule has 2 N–H and O–H groups in total. The Balaban J connectivity index is 2.17. The minimum Gasteiger partial charge on any atom is -0.494 e. The molecule has 134 valence electrons. The molecule has 0 aromatic heterocycles. The van der Waals surface area contributed by atoms with E-state index in [-0.39, 0.29) is 12.1 Å². The maximum atomic E-state index is 13.8. The van der Waals surface area contributed by atoms with Crippen molar-refractivity contribution < 1.29 is 27.4 Å². The van der Waals surface area contributed by atoms with Gasteiger partial charge in [0.2, 0.25) is 10.0 Å². The van der Waals surface area contributed by atoms with Gasteiger partial charge in [-0.3, -0.25) is 0 Å². The minimum absolute atomic E-state index is 0.0810. The smallest absolute Gasteiger partial charge is 0.335 e. The van der Waals surface area contributed by atoms with Crippen LogP contribution in [0, 0.1) is 5.82 Å². The standard InChI is InChI=1S/C17H18FNO5S/c1-2-8-24-14-5-3-4-12(9-14)11-19-25(22,23)16-10-13(17(20)21)6-7-15(16)18/h3-7,9-10,19H,2,8,11H2,1H3,(H,20,21). The summed E-state index contributed by atoms with van der Waals surface area (Å²) < 4.78 is 46.1. The zero-order valence-electron chi connectivity index (χ0n) is 13.5. The van der Waals surface area contributed by atoms with E-state index in [1.807, 2.05) is 6.92 Å². The maximum absolute atomic E-state index is 13.8. The lowest BCUT2D eigenvalue weighted by molar-refractivity contribution is 0.0696. The Hall–Kier alpha value is -2.45. The summed E-state index contributed by atoms with van der Waals surface area (Å²) in [5, 5.41) is 8.92. The van der Waals surface area contributed by atoms with Crippen LogP contribution in [0.1, 0.15) is 29.3 Å². The molecule has 0 radical (unpaired) electrons. The molecular formula is C17H18FNO5S. The van der Waals surface area contributed by atoms with Crippen molar-refractivity contribution in [1.82, 2.24) is 4.72 Å². The van der Waals surface area contributed by atoms with Crippen LogP contribution in [0.4, 0.5) is 4.39 Å². The van der Waals surface area contributed by atoms with Crippen molar-refractivity contribution in [3.8, 4) is 5.75 Å². The first kappa shape index (κ1) is 18.9. The molecule has 0 aliphatic heterocycles. The molecular weight excluding hydrogens is 349 g/mol. The number of hydrogen-bond acceptors (Lipinski definition) is 4. The number of carbonyl (C=O) groups is 1. The lowest BCUT2D eigenvalue weighted by Crippen LogP contribution is -2.24. The number of sulfonamides is 1. The first-order valence-electron chi connectivity index (χ1n) is 7.57. The van der Waals surface area contributed by atoms with Crippen LogP contribution in [0.3, 0.4) is 0 Å². The SMILES string of the molecule is CCCOc1cccc(CNS(=O)(=O)c2cc(C(=O)O)ccc2F)c1. The summed E-state index contributed by atoms with van der Waals surface area (Å²) in [6.07, 6.45) is 0.843. The zero-order valence-corrected chi connectivity index (χ0v) is 14.3. The van der Waals surface area contributed by atoms with Gasteiger partial charge >= 0.3 is 5.97 Å². The highest BCUT2D eigenvalue weighted by atomic mass is 32.2. The molecule has 0 aliphatic carbocycles. The molecule has 25 heavy (non-hydrogen) atoms. The number of ether oxygens (including phenoxy) is 1. The Labute approximate surface area is 145 Å². The monoisotopic (exact) mass is 367 g/mol. The van der Waals surface area contributed by atoms with Crippen molar-refractivity contribution in [2.24, 2.45) is 0 Å². The Morgan fingerprint density at radius 3 is 2.68 bits per heavy atom. The van der Waals surface area contributed by atoms with Crippen LogP contribution >= 0.6 is 0 Å². The van der Waals surface area contributed by atoms with Crippen LogP contribution in [0.2, 0.25) is 0 Å². The second-order valence-corrected chi connectivity index (χ2v) is 7.01. The van der Waals surface area contributed by atoms with E-state index in [1.54, 1.807) is 24.3 Å². The van der Waals surface area contributed by atoms with Gasteiger partial charge in [-0.1, -0.05) is 19.1 Å². The maximum Gasteiger partial charge on any atom is 0.335 e. The normalized spacial score (nSPS) is 11.3. The van der Waals surface area contributed by atoms with E-state index in [1.165, 1.54) is 0 Å². The van der Waals surface area contributed by atoms with Gasteiger partial charge < -0.3 is 9.84 Å². The van der Waals surface area contributed by atoms with Gasteiger partial charge in [-0.05, 0) is 42.3 Å². The molecule has 2 rings (SSSR count). The Bertz CT molecular complexity index is 867. The van der Waals surface area contributed by atoms with Crippen LogP contribution in [-0.2, 0) is 16.6 Å². The van der Waals surface area contributed by atoms with Gasteiger partial charge in [-0.15, -0.1) is 0 Å². The van der Waals surface area contributed by atoms with E-state index in [0.29, 0.717) is 17.9 Å².